The molecule has 156 valence electrons. The highest BCUT2D eigenvalue weighted by Gasteiger charge is 2.32. The minimum absolute atomic E-state index is 0.326. The van der Waals surface area contributed by atoms with Crippen LogP contribution in [0.25, 0.3) is 0 Å². The Morgan fingerprint density at radius 2 is 1.71 bits per heavy atom. The van der Waals surface area contributed by atoms with Crippen molar-refractivity contribution in [3.8, 4) is 0 Å². The van der Waals surface area contributed by atoms with Crippen molar-refractivity contribution in [3.05, 3.63) is 29.8 Å². The fourth-order valence-corrected chi connectivity index (χ4v) is 2.87. The van der Waals surface area contributed by atoms with Gasteiger partial charge in [-0.3, -0.25) is 4.79 Å². The lowest BCUT2D eigenvalue weighted by Gasteiger charge is -2.37. The number of carbonyl (C=O) groups excluding carboxylic acids is 2. The van der Waals surface area contributed by atoms with Crippen molar-refractivity contribution < 1.29 is 27.5 Å². The van der Waals surface area contributed by atoms with Crippen molar-refractivity contribution in [3.63, 3.8) is 0 Å². The van der Waals surface area contributed by atoms with Gasteiger partial charge in [-0.05, 0) is 45.9 Å². The van der Waals surface area contributed by atoms with E-state index < -0.39 is 29.5 Å². The number of nitrogens with one attached hydrogen (secondary N) is 1. The molecule has 1 fully saturated rings. The van der Waals surface area contributed by atoms with Crippen molar-refractivity contribution in [1.82, 2.24) is 10.2 Å². The van der Waals surface area contributed by atoms with Gasteiger partial charge in [-0.25, -0.2) is 4.79 Å². The van der Waals surface area contributed by atoms with Crippen LogP contribution in [0.5, 0.6) is 0 Å². The smallest absolute Gasteiger partial charge is 0.416 e. The first-order valence-corrected chi connectivity index (χ1v) is 9.06. The molecular weight excluding hydrogens is 375 g/mol. The standard InChI is InChI=1S/C19H26F3N3O3/c1-13(28-17(27)23-18(2,3)4)16(26)25-10-8-24(9-11-25)15-7-5-6-14(12-15)19(20,21)22/h5-7,12-13H,8-11H2,1-4H3,(H,23,27). The number of rotatable bonds is 3. The summed E-state index contributed by atoms with van der Waals surface area (Å²) in [7, 11) is 0. The molecule has 0 aliphatic carbocycles. The van der Waals surface area contributed by atoms with Gasteiger partial charge >= 0.3 is 12.3 Å². The van der Waals surface area contributed by atoms with Crippen LogP contribution in [-0.4, -0.2) is 54.7 Å². The molecule has 1 unspecified atom stereocenters. The van der Waals surface area contributed by atoms with Gasteiger partial charge in [-0.2, -0.15) is 13.2 Å². The normalized spacial score (nSPS) is 16.5. The van der Waals surface area contributed by atoms with Crippen LogP contribution in [0.2, 0.25) is 0 Å². The van der Waals surface area contributed by atoms with Crippen LogP contribution in [0.15, 0.2) is 24.3 Å². The number of hydrogen-bond acceptors (Lipinski definition) is 4. The van der Waals surface area contributed by atoms with E-state index in [9.17, 15) is 22.8 Å². The van der Waals surface area contributed by atoms with Crippen LogP contribution in [-0.2, 0) is 15.7 Å². The third-order valence-electron chi connectivity index (χ3n) is 4.24. The van der Waals surface area contributed by atoms with Gasteiger partial charge in [0.1, 0.15) is 0 Å². The number of benzene rings is 1. The average Bonchev–Trinajstić information content (AvgIpc) is 2.59. The molecule has 2 amide bonds. The predicted molar refractivity (Wildman–Crippen MR) is 99.1 cm³/mol. The molecule has 1 saturated heterocycles. The lowest BCUT2D eigenvalue weighted by Crippen LogP contribution is -2.52. The second-order valence-electron chi connectivity index (χ2n) is 7.78. The Morgan fingerprint density at radius 3 is 2.25 bits per heavy atom. The van der Waals surface area contributed by atoms with Crippen LogP contribution in [0, 0.1) is 0 Å². The number of halogens is 3. The van der Waals surface area contributed by atoms with E-state index in [1.54, 1.807) is 36.6 Å². The van der Waals surface area contributed by atoms with Gasteiger partial charge < -0.3 is 19.9 Å². The molecule has 0 spiro atoms. The Morgan fingerprint density at radius 1 is 1.11 bits per heavy atom. The molecule has 1 aromatic rings. The molecule has 9 heteroatoms. The van der Waals surface area contributed by atoms with Gasteiger partial charge in [0.15, 0.2) is 6.10 Å². The SMILES string of the molecule is CC(OC(=O)NC(C)(C)C)C(=O)N1CCN(c2cccc(C(F)(F)F)c2)CC1. The first-order valence-electron chi connectivity index (χ1n) is 9.06. The van der Waals surface area contributed by atoms with Gasteiger partial charge in [-0.1, -0.05) is 6.07 Å². The molecule has 0 saturated carbocycles. The van der Waals surface area contributed by atoms with E-state index in [4.69, 9.17) is 4.74 Å². The van der Waals surface area contributed by atoms with Crippen LogP contribution >= 0.6 is 0 Å². The maximum absolute atomic E-state index is 12.9. The van der Waals surface area contributed by atoms with Crippen LogP contribution in [0.1, 0.15) is 33.3 Å². The monoisotopic (exact) mass is 401 g/mol. The third-order valence-corrected chi connectivity index (χ3v) is 4.24. The summed E-state index contributed by atoms with van der Waals surface area (Å²) in [6, 6.07) is 5.14. The summed E-state index contributed by atoms with van der Waals surface area (Å²) in [6.45, 7) is 8.37. The summed E-state index contributed by atoms with van der Waals surface area (Å²) < 4.78 is 43.8. The number of hydrogen-bond donors (Lipinski definition) is 1. The number of alkyl carbamates (subject to hydrolysis) is 1. The maximum Gasteiger partial charge on any atom is 0.416 e. The highest BCUT2D eigenvalue weighted by atomic mass is 19.4. The fraction of sp³-hybridized carbons (Fsp3) is 0.579. The molecule has 2 rings (SSSR count). The van der Waals surface area contributed by atoms with E-state index in [2.05, 4.69) is 5.32 Å². The summed E-state index contributed by atoms with van der Waals surface area (Å²) >= 11 is 0. The minimum atomic E-state index is -4.39. The molecule has 28 heavy (non-hydrogen) atoms. The Hall–Kier alpha value is -2.45. The Labute approximate surface area is 162 Å². The topological polar surface area (TPSA) is 61.9 Å². The summed E-state index contributed by atoms with van der Waals surface area (Å²) in [4.78, 5) is 27.6. The maximum atomic E-state index is 12.9. The van der Waals surface area contributed by atoms with E-state index in [1.807, 2.05) is 0 Å². The van der Waals surface area contributed by atoms with Gasteiger partial charge in [0.25, 0.3) is 5.91 Å². The first-order chi connectivity index (χ1) is 12.9. The number of carbonyl (C=O) groups is 2. The minimum Gasteiger partial charge on any atom is -0.436 e. The second kappa shape index (κ2) is 8.28. The van der Waals surface area contributed by atoms with Crippen molar-refractivity contribution in [2.24, 2.45) is 0 Å². The van der Waals surface area contributed by atoms with E-state index in [0.717, 1.165) is 12.1 Å². The number of amides is 2. The molecule has 1 aromatic carbocycles. The number of piperazine rings is 1. The van der Waals surface area contributed by atoms with Crippen molar-refractivity contribution in [1.29, 1.82) is 0 Å². The first kappa shape index (κ1) is 21.8. The summed E-state index contributed by atoms with van der Waals surface area (Å²) in [5.74, 6) is -0.326. The number of nitrogens with zero attached hydrogens (tertiary/aromatic N) is 2. The quantitative estimate of drug-likeness (QED) is 0.845. The van der Waals surface area contributed by atoms with E-state index in [1.165, 1.54) is 13.0 Å². The number of anilines is 1. The Bertz CT molecular complexity index is 708. The molecular formula is C19H26F3N3O3. The zero-order chi connectivity index (χ0) is 21.1. The van der Waals surface area contributed by atoms with E-state index in [-0.39, 0.29) is 5.91 Å². The summed E-state index contributed by atoms with van der Waals surface area (Å²) in [5, 5.41) is 2.62. The van der Waals surface area contributed by atoms with Crippen LogP contribution in [0.3, 0.4) is 0 Å². The summed E-state index contributed by atoms with van der Waals surface area (Å²) in [5.41, 5.74) is -0.706. The largest absolute Gasteiger partial charge is 0.436 e. The zero-order valence-electron chi connectivity index (χ0n) is 16.5. The third kappa shape index (κ3) is 6.03. The van der Waals surface area contributed by atoms with Gasteiger partial charge in [0.2, 0.25) is 0 Å². The molecule has 0 aromatic heterocycles. The van der Waals surface area contributed by atoms with Gasteiger partial charge in [0, 0.05) is 37.4 Å². The van der Waals surface area contributed by atoms with Gasteiger partial charge in [-0.15, -0.1) is 0 Å². The molecule has 1 atom stereocenters. The highest BCUT2D eigenvalue weighted by Crippen LogP contribution is 2.31. The number of alkyl halides is 3. The highest BCUT2D eigenvalue weighted by molar-refractivity contribution is 5.83. The fourth-order valence-electron chi connectivity index (χ4n) is 2.87. The Kier molecular flexibility index (Phi) is 6.46. The van der Waals surface area contributed by atoms with Crippen LogP contribution in [0.4, 0.5) is 23.7 Å². The van der Waals surface area contributed by atoms with Gasteiger partial charge in [0.05, 0.1) is 5.56 Å². The molecule has 0 bridgehead atoms. The average molecular weight is 401 g/mol. The molecule has 1 aliphatic rings. The summed E-state index contributed by atoms with van der Waals surface area (Å²) in [6.07, 6.45) is -6.01. The van der Waals surface area contributed by atoms with Crippen molar-refractivity contribution >= 4 is 17.7 Å². The Balaban J connectivity index is 1.91. The van der Waals surface area contributed by atoms with E-state index in [0.29, 0.717) is 31.9 Å². The molecule has 1 heterocycles. The lowest BCUT2D eigenvalue weighted by atomic mass is 10.1. The second-order valence-corrected chi connectivity index (χ2v) is 7.78. The predicted octanol–water partition coefficient (Wildman–Crippen LogP) is 3.27. The lowest BCUT2D eigenvalue weighted by molar-refractivity contribution is -0.139. The molecule has 1 N–H and O–H groups in total. The van der Waals surface area contributed by atoms with Crippen molar-refractivity contribution in [2.45, 2.75) is 45.5 Å². The van der Waals surface area contributed by atoms with E-state index >= 15 is 0 Å². The molecule has 1 aliphatic heterocycles. The zero-order valence-corrected chi connectivity index (χ0v) is 16.5. The van der Waals surface area contributed by atoms with Crippen molar-refractivity contribution in [2.75, 3.05) is 31.1 Å². The molecule has 6 nitrogen and oxygen atoms in total. The molecule has 0 radical (unpaired) electrons. The number of ether oxygens (including phenoxy) is 1. The van der Waals surface area contributed by atoms with Crippen LogP contribution < -0.4 is 10.2 Å².